The molecule has 3 N–H and O–H groups in total. The van der Waals surface area contributed by atoms with Gasteiger partial charge in [0.2, 0.25) is 5.91 Å². The molecule has 0 aliphatic rings. The second-order valence-corrected chi connectivity index (χ2v) is 20.4. The van der Waals surface area contributed by atoms with Crippen molar-refractivity contribution in [2.75, 3.05) is 6.61 Å². The predicted molar refractivity (Wildman–Crippen MR) is 322 cm³/mol. The van der Waals surface area contributed by atoms with Crippen molar-refractivity contribution in [1.29, 1.82) is 0 Å². The fraction of sp³-hybridized carbons (Fsp3) is 0.691. The van der Waals surface area contributed by atoms with Crippen molar-refractivity contribution < 1.29 is 15.0 Å². The Morgan fingerprint density at radius 3 is 0.972 bits per heavy atom. The fourth-order valence-electron chi connectivity index (χ4n) is 8.78. The molecule has 0 saturated heterocycles. The number of aliphatic hydroxyl groups is 2. The van der Waals surface area contributed by atoms with E-state index in [9.17, 15) is 15.0 Å². The molecule has 2 atom stereocenters. The number of unbranched alkanes of at least 4 members (excludes halogenated alkanes) is 30. The lowest BCUT2D eigenvalue weighted by molar-refractivity contribution is -0.123. The highest BCUT2D eigenvalue weighted by Crippen LogP contribution is 2.16. The third kappa shape index (κ3) is 57.7. The summed E-state index contributed by atoms with van der Waals surface area (Å²) in [5.74, 6) is -0.100. The minimum Gasteiger partial charge on any atom is -0.394 e. The van der Waals surface area contributed by atoms with Crippen LogP contribution in [0.4, 0.5) is 0 Å². The summed E-state index contributed by atoms with van der Waals surface area (Å²) in [4.78, 5) is 12.5. The first-order chi connectivity index (χ1) is 35.7. The first-order valence-electron chi connectivity index (χ1n) is 30.7. The Hall–Kier alpha value is -3.21. The fourth-order valence-corrected chi connectivity index (χ4v) is 8.78. The highest BCUT2D eigenvalue weighted by molar-refractivity contribution is 5.76. The number of hydrogen-bond acceptors (Lipinski definition) is 3. The lowest BCUT2D eigenvalue weighted by Crippen LogP contribution is -2.45. The maximum absolute atomic E-state index is 12.5. The molecule has 4 nitrogen and oxygen atoms in total. The largest absolute Gasteiger partial charge is 0.394 e. The third-order valence-corrected chi connectivity index (χ3v) is 13.4. The van der Waals surface area contributed by atoms with Gasteiger partial charge in [-0.1, -0.05) is 296 Å². The molecule has 0 aromatic heterocycles. The van der Waals surface area contributed by atoms with Crippen molar-refractivity contribution in [3.8, 4) is 0 Å². The van der Waals surface area contributed by atoms with E-state index >= 15 is 0 Å². The van der Waals surface area contributed by atoms with E-state index in [0.29, 0.717) is 6.42 Å². The summed E-state index contributed by atoms with van der Waals surface area (Å²) in [5, 5.41) is 23.2. The Morgan fingerprint density at radius 1 is 0.347 bits per heavy atom. The molecule has 72 heavy (non-hydrogen) atoms. The molecule has 0 radical (unpaired) electrons. The molecule has 2 unspecified atom stereocenters. The first kappa shape index (κ1) is 68.8. The monoisotopic (exact) mass is 996 g/mol. The molecule has 1 amide bonds. The predicted octanol–water partition coefficient (Wildman–Crippen LogP) is 20.8. The molecule has 0 rings (SSSR count). The van der Waals surface area contributed by atoms with Gasteiger partial charge in [0.15, 0.2) is 0 Å². The topological polar surface area (TPSA) is 69.6 Å². The molecule has 0 aliphatic heterocycles. The van der Waals surface area contributed by atoms with E-state index in [4.69, 9.17) is 0 Å². The summed E-state index contributed by atoms with van der Waals surface area (Å²) < 4.78 is 0. The highest BCUT2D eigenvalue weighted by atomic mass is 16.3. The summed E-state index contributed by atoms with van der Waals surface area (Å²) in [7, 11) is 0. The molecule has 4 heteroatoms. The molecule has 0 aromatic rings. The lowest BCUT2D eigenvalue weighted by Gasteiger charge is -2.19. The summed E-state index contributed by atoms with van der Waals surface area (Å²) in [5.41, 5.74) is 0. The first-order valence-corrected chi connectivity index (χ1v) is 30.7. The average Bonchev–Trinajstić information content (AvgIpc) is 3.39. The van der Waals surface area contributed by atoms with Crippen molar-refractivity contribution >= 4 is 5.91 Å². The maximum atomic E-state index is 12.5. The van der Waals surface area contributed by atoms with Crippen molar-refractivity contribution in [3.05, 3.63) is 122 Å². The van der Waals surface area contributed by atoms with Gasteiger partial charge in [-0.25, -0.2) is 0 Å². The Labute approximate surface area is 448 Å². The van der Waals surface area contributed by atoms with Crippen LogP contribution in [-0.4, -0.2) is 34.9 Å². The molecule has 0 bridgehead atoms. The number of amides is 1. The van der Waals surface area contributed by atoms with Crippen LogP contribution in [-0.2, 0) is 4.79 Å². The van der Waals surface area contributed by atoms with E-state index in [0.717, 1.165) is 96.3 Å². The SMILES string of the molecule is CC/C=C\C/C=C\C/C=C\C/C=C\C/C=C\C/C=C\C/C=C\CCCCCCCC(=O)NC(CO)C(O)/C=C/CC/C=C/CC/C=C/CCCCCCCCCCCCCCCCCCCCCCCCC. The van der Waals surface area contributed by atoms with Crippen LogP contribution in [0.5, 0.6) is 0 Å². The molecule has 0 spiro atoms. The molecule has 0 aliphatic carbocycles. The minimum atomic E-state index is -0.890. The van der Waals surface area contributed by atoms with E-state index in [-0.39, 0.29) is 12.5 Å². The second kappa shape index (κ2) is 62.1. The number of allylic oxidation sites excluding steroid dienone is 19. The van der Waals surface area contributed by atoms with Gasteiger partial charge >= 0.3 is 0 Å². The maximum Gasteiger partial charge on any atom is 0.220 e. The van der Waals surface area contributed by atoms with E-state index in [1.807, 2.05) is 6.08 Å². The zero-order valence-corrected chi connectivity index (χ0v) is 47.4. The minimum absolute atomic E-state index is 0.100. The van der Waals surface area contributed by atoms with E-state index < -0.39 is 12.1 Å². The van der Waals surface area contributed by atoms with Crippen molar-refractivity contribution in [3.63, 3.8) is 0 Å². The van der Waals surface area contributed by atoms with Gasteiger partial charge in [0.05, 0.1) is 18.8 Å². The Balaban J connectivity index is 3.62. The Kier molecular flexibility index (Phi) is 59.3. The van der Waals surface area contributed by atoms with Crippen molar-refractivity contribution in [2.24, 2.45) is 0 Å². The van der Waals surface area contributed by atoms with Crippen LogP contribution >= 0.6 is 0 Å². The number of hydrogen-bond donors (Lipinski definition) is 3. The van der Waals surface area contributed by atoms with E-state index in [1.165, 1.54) is 167 Å². The van der Waals surface area contributed by atoms with Gasteiger partial charge in [0, 0.05) is 6.42 Å². The van der Waals surface area contributed by atoms with Gasteiger partial charge in [0.25, 0.3) is 0 Å². The van der Waals surface area contributed by atoms with E-state index in [1.54, 1.807) is 6.08 Å². The van der Waals surface area contributed by atoms with E-state index in [2.05, 4.69) is 129 Å². The molecular weight excluding hydrogens is 879 g/mol. The van der Waals surface area contributed by atoms with Crippen LogP contribution < -0.4 is 5.32 Å². The summed E-state index contributed by atoms with van der Waals surface area (Å²) in [6, 6.07) is -0.667. The second-order valence-electron chi connectivity index (χ2n) is 20.4. The Morgan fingerprint density at radius 2 is 0.625 bits per heavy atom. The average molecular weight is 997 g/mol. The number of rotatable bonds is 55. The van der Waals surface area contributed by atoms with Crippen molar-refractivity contribution in [1.82, 2.24) is 5.32 Å². The summed E-state index contributed by atoms with van der Waals surface area (Å²) in [6.07, 6.45) is 95.3. The number of carbonyl (C=O) groups excluding carboxylic acids is 1. The van der Waals surface area contributed by atoms with Gasteiger partial charge in [-0.15, -0.1) is 0 Å². The molecule has 412 valence electrons. The molecule has 0 heterocycles. The number of carbonyl (C=O) groups is 1. The van der Waals surface area contributed by atoms with Gasteiger partial charge in [-0.2, -0.15) is 0 Å². The van der Waals surface area contributed by atoms with Gasteiger partial charge < -0.3 is 15.5 Å². The standard InChI is InChI=1S/C68H117NO3/c1-3-5-7-9-11-13-15-17-19-21-23-25-27-29-31-32-33-34-35-36-38-39-41-43-45-47-49-51-53-55-57-59-61-63-67(71)66(65-70)69-68(72)64-62-60-58-56-54-52-50-48-46-44-42-40-37-30-28-26-24-22-20-18-16-14-12-10-8-6-4-2/h6,8,12,14,18,20,24,26,30,37,42,44-45,47-48,50,53,55,61,63,66-67,70-71H,3-5,7,9-11,13,15-17,19,21-23,25,27-29,31-36,38-41,43,46,49,51-52,54,56-60,62,64-65H2,1-2H3,(H,69,72)/b8-6-,14-12-,20-18-,26-24-,37-30-,44-42-,47-45+,50-48-,55-53+,63-61+. The number of aliphatic hydroxyl groups excluding tert-OH is 2. The lowest BCUT2D eigenvalue weighted by atomic mass is 10.0. The third-order valence-electron chi connectivity index (χ3n) is 13.4. The zero-order chi connectivity index (χ0) is 52.0. The molecular formula is C68H117NO3. The molecule has 0 saturated carbocycles. The van der Waals surface area contributed by atoms with Crippen LogP contribution in [0.1, 0.15) is 284 Å². The van der Waals surface area contributed by atoms with Gasteiger partial charge in [0.1, 0.15) is 0 Å². The summed E-state index contributed by atoms with van der Waals surface area (Å²) in [6.45, 7) is 4.18. The van der Waals surface area contributed by atoms with Crippen LogP contribution in [0.25, 0.3) is 0 Å². The summed E-state index contributed by atoms with van der Waals surface area (Å²) >= 11 is 0. The highest BCUT2D eigenvalue weighted by Gasteiger charge is 2.18. The van der Waals surface area contributed by atoms with Crippen molar-refractivity contribution in [2.45, 2.75) is 296 Å². The quantitative estimate of drug-likeness (QED) is 0.0420. The zero-order valence-electron chi connectivity index (χ0n) is 47.4. The van der Waals surface area contributed by atoms with Gasteiger partial charge in [-0.05, 0) is 103 Å². The van der Waals surface area contributed by atoms with Crippen LogP contribution in [0.2, 0.25) is 0 Å². The Bertz CT molecular complexity index is 1410. The van der Waals surface area contributed by atoms with Gasteiger partial charge in [-0.3, -0.25) is 4.79 Å². The van der Waals surface area contributed by atoms with Crippen LogP contribution in [0.15, 0.2) is 122 Å². The molecule has 0 fully saturated rings. The smallest absolute Gasteiger partial charge is 0.220 e. The van der Waals surface area contributed by atoms with Crippen LogP contribution in [0.3, 0.4) is 0 Å². The van der Waals surface area contributed by atoms with Crippen LogP contribution in [0, 0.1) is 0 Å². The number of nitrogens with one attached hydrogen (secondary N) is 1. The molecule has 0 aromatic carbocycles. The normalized spacial score (nSPS) is 13.7.